The van der Waals surface area contributed by atoms with E-state index in [0.717, 1.165) is 15.4 Å². The molecule has 0 fully saturated rings. The van der Waals surface area contributed by atoms with Gasteiger partial charge in [0.2, 0.25) is 10.0 Å². The number of aromatic nitrogens is 1. The lowest BCUT2D eigenvalue weighted by Crippen LogP contribution is -2.46. The molecule has 0 bridgehead atoms. The van der Waals surface area contributed by atoms with Gasteiger partial charge in [-0.15, -0.1) is 0 Å². The van der Waals surface area contributed by atoms with Gasteiger partial charge in [-0.05, 0) is 55.0 Å². The fraction of sp³-hybridized carbons (Fsp3) is 0.208. The van der Waals surface area contributed by atoms with Crippen molar-refractivity contribution in [3.63, 3.8) is 0 Å². The molecular weight excluding hydrogens is 472 g/mol. The van der Waals surface area contributed by atoms with Crippen molar-refractivity contribution in [2.24, 2.45) is 0 Å². The van der Waals surface area contributed by atoms with Gasteiger partial charge in [0, 0.05) is 25.0 Å². The molecule has 11 heteroatoms. The maximum Gasteiger partial charge on any atom is 0.269 e. The molecule has 0 saturated heterocycles. The molecule has 35 heavy (non-hydrogen) atoms. The molecule has 0 spiro atoms. The molecule has 184 valence electrons. The van der Waals surface area contributed by atoms with E-state index in [4.69, 9.17) is 9.47 Å². The molecule has 1 aromatic heterocycles. The van der Waals surface area contributed by atoms with Crippen molar-refractivity contribution < 1.29 is 27.5 Å². The van der Waals surface area contributed by atoms with Crippen LogP contribution < -0.4 is 20.3 Å². The van der Waals surface area contributed by atoms with E-state index in [1.165, 1.54) is 38.4 Å². The first-order valence-corrected chi connectivity index (χ1v) is 12.0. The van der Waals surface area contributed by atoms with Gasteiger partial charge in [-0.25, -0.2) is 8.42 Å². The van der Waals surface area contributed by atoms with Gasteiger partial charge in [0.15, 0.2) is 11.5 Å². The molecule has 2 aromatic carbocycles. The second kappa shape index (κ2) is 11.4. The number of rotatable bonds is 9. The third kappa shape index (κ3) is 6.78. The number of carbonyl (C=O) groups is 2. The lowest BCUT2D eigenvalue weighted by atomic mass is 10.2. The number of ether oxygens (including phenoxy) is 2. The zero-order chi connectivity index (χ0) is 25.4. The van der Waals surface area contributed by atoms with Crippen molar-refractivity contribution in [3.05, 3.63) is 83.7 Å². The first-order valence-electron chi connectivity index (χ1n) is 10.5. The standard InChI is InChI=1S/C24H26N4O6S/c1-17-4-7-20(8-5-17)35(31,32)28(2)15-23(29)26-27-24(30)19-6-9-21(33-3)22(14-19)34-16-18-10-12-25-13-11-18/h4-14H,15-16H2,1-3H3,(H,26,29)(H,27,30). The van der Waals surface area contributed by atoms with E-state index in [-0.39, 0.29) is 17.1 Å². The van der Waals surface area contributed by atoms with Gasteiger partial charge in [0.05, 0.1) is 18.6 Å². The molecule has 10 nitrogen and oxygen atoms in total. The highest BCUT2D eigenvalue weighted by Crippen LogP contribution is 2.28. The van der Waals surface area contributed by atoms with Crippen LogP contribution in [0.4, 0.5) is 0 Å². The number of pyridine rings is 1. The highest BCUT2D eigenvalue weighted by atomic mass is 32.2. The Labute approximate surface area is 203 Å². The molecule has 0 unspecified atom stereocenters. The summed E-state index contributed by atoms with van der Waals surface area (Å²) in [5.74, 6) is -0.548. The van der Waals surface area contributed by atoms with E-state index in [9.17, 15) is 18.0 Å². The van der Waals surface area contributed by atoms with Gasteiger partial charge in [-0.2, -0.15) is 4.31 Å². The highest BCUT2D eigenvalue weighted by molar-refractivity contribution is 7.89. The molecule has 2 amide bonds. The number of amides is 2. The van der Waals surface area contributed by atoms with Crippen LogP contribution in [0.1, 0.15) is 21.5 Å². The summed E-state index contributed by atoms with van der Waals surface area (Å²) in [6.07, 6.45) is 3.29. The summed E-state index contributed by atoms with van der Waals surface area (Å²) in [5.41, 5.74) is 6.51. The quantitative estimate of drug-likeness (QED) is 0.432. The average Bonchev–Trinajstić information content (AvgIpc) is 2.86. The molecule has 0 aliphatic carbocycles. The fourth-order valence-corrected chi connectivity index (χ4v) is 4.11. The number of hydrogen-bond acceptors (Lipinski definition) is 7. The summed E-state index contributed by atoms with van der Waals surface area (Å²) < 4.78 is 37.2. The van der Waals surface area contributed by atoms with Crippen LogP contribution in [0.3, 0.4) is 0 Å². The Morgan fingerprint density at radius 3 is 2.31 bits per heavy atom. The van der Waals surface area contributed by atoms with Crippen molar-refractivity contribution in [1.82, 2.24) is 20.1 Å². The molecule has 0 aliphatic rings. The normalized spacial score (nSPS) is 11.1. The maximum absolute atomic E-state index is 12.6. The molecule has 1 heterocycles. The van der Waals surface area contributed by atoms with Gasteiger partial charge in [0.1, 0.15) is 6.61 Å². The second-order valence-electron chi connectivity index (χ2n) is 7.59. The SMILES string of the molecule is COc1ccc(C(=O)NNC(=O)CN(C)S(=O)(=O)c2ccc(C)cc2)cc1OCc1ccncc1. The van der Waals surface area contributed by atoms with E-state index in [0.29, 0.717) is 11.5 Å². The van der Waals surface area contributed by atoms with Crippen molar-refractivity contribution in [1.29, 1.82) is 0 Å². The van der Waals surface area contributed by atoms with Crippen LogP contribution in [-0.2, 0) is 21.4 Å². The summed E-state index contributed by atoms with van der Waals surface area (Å²) in [4.78, 5) is 28.8. The summed E-state index contributed by atoms with van der Waals surface area (Å²) in [7, 11) is -1.09. The van der Waals surface area contributed by atoms with Crippen LogP contribution in [0.25, 0.3) is 0 Å². The first kappa shape index (κ1) is 25.7. The van der Waals surface area contributed by atoms with Crippen molar-refractivity contribution in [2.45, 2.75) is 18.4 Å². The van der Waals surface area contributed by atoms with Crippen LogP contribution in [0.5, 0.6) is 11.5 Å². The van der Waals surface area contributed by atoms with Crippen LogP contribution in [-0.4, -0.2) is 50.2 Å². The number of benzene rings is 2. The fourth-order valence-electron chi connectivity index (χ4n) is 2.99. The predicted molar refractivity (Wildman–Crippen MR) is 128 cm³/mol. The molecule has 3 aromatic rings. The van der Waals surface area contributed by atoms with Crippen LogP contribution in [0.15, 0.2) is 71.9 Å². The lowest BCUT2D eigenvalue weighted by Gasteiger charge is -2.17. The zero-order valence-electron chi connectivity index (χ0n) is 19.5. The lowest BCUT2D eigenvalue weighted by molar-refractivity contribution is -0.121. The minimum absolute atomic E-state index is 0.0694. The van der Waals surface area contributed by atoms with Gasteiger partial charge in [-0.1, -0.05) is 17.7 Å². The summed E-state index contributed by atoms with van der Waals surface area (Å²) in [5, 5.41) is 0. The maximum atomic E-state index is 12.6. The van der Waals surface area contributed by atoms with E-state index < -0.39 is 28.4 Å². The number of nitrogens with one attached hydrogen (secondary N) is 2. The Balaban J connectivity index is 1.59. The minimum Gasteiger partial charge on any atom is -0.493 e. The minimum atomic E-state index is -3.86. The summed E-state index contributed by atoms with van der Waals surface area (Å²) in [6, 6.07) is 14.4. The van der Waals surface area contributed by atoms with Gasteiger partial charge in [-0.3, -0.25) is 25.4 Å². The van der Waals surface area contributed by atoms with Crippen LogP contribution in [0, 0.1) is 6.92 Å². The number of aryl methyl sites for hydroxylation is 1. The van der Waals surface area contributed by atoms with Gasteiger partial charge >= 0.3 is 0 Å². The Hall–Kier alpha value is -3.96. The summed E-state index contributed by atoms with van der Waals surface area (Å²) >= 11 is 0. The number of methoxy groups -OCH3 is 1. The Morgan fingerprint density at radius 2 is 1.66 bits per heavy atom. The molecule has 3 rings (SSSR count). The number of sulfonamides is 1. The highest BCUT2D eigenvalue weighted by Gasteiger charge is 2.23. The van der Waals surface area contributed by atoms with Crippen LogP contribution in [0.2, 0.25) is 0 Å². The molecule has 0 saturated carbocycles. The molecule has 0 radical (unpaired) electrons. The molecule has 2 N–H and O–H groups in total. The number of hydrogen-bond donors (Lipinski definition) is 2. The third-order valence-corrected chi connectivity index (χ3v) is 6.80. The second-order valence-corrected chi connectivity index (χ2v) is 9.63. The first-order chi connectivity index (χ1) is 16.7. The van der Waals surface area contributed by atoms with Crippen molar-refractivity contribution >= 4 is 21.8 Å². The van der Waals surface area contributed by atoms with Crippen molar-refractivity contribution in [3.8, 4) is 11.5 Å². The Kier molecular flexibility index (Phi) is 8.39. The van der Waals surface area contributed by atoms with E-state index in [1.807, 2.05) is 6.92 Å². The molecular formula is C24H26N4O6S. The largest absolute Gasteiger partial charge is 0.493 e. The number of likely N-dealkylation sites (N-methyl/N-ethyl adjacent to an activating group) is 1. The number of carbonyl (C=O) groups excluding carboxylic acids is 2. The topological polar surface area (TPSA) is 127 Å². The molecule has 0 atom stereocenters. The van der Waals surface area contributed by atoms with E-state index in [2.05, 4.69) is 15.8 Å². The Morgan fingerprint density at radius 1 is 0.971 bits per heavy atom. The third-order valence-electron chi connectivity index (χ3n) is 4.98. The van der Waals surface area contributed by atoms with E-state index >= 15 is 0 Å². The number of nitrogens with zero attached hydrogens (tertiary/aromatic N) is 2. The number of hydrazine groups is 1. The zero-order valence-corrected chi connectivity index (χ0v) is 20.3. The van der Waals surface area contributed by atoms with Crippen molar-refractivity contribution in [2.75, 3.05) is 20.7 Å². The summed E-state index contributed by atoms with van der Waals surface area (Å²) in [6.45, 7) is 1.59. The average molecular weight is 499 g/mol. The monoisotopic (exact) mass is 498 g/mol. The van der Waals surface area contributed by atoms with E-state index in [1.54, 1.807) is 42.7 Å². The van der Waals surface area contributed by atoms with Crippen LogP contribution >= 0.6 is 0 Å². The smallest absolute Gasteiger partial charge is 0.269 e. The predicted octanol–water partition coefficient (Wildman–Crippen LogP) is 2.06. The Bertz CT molecular complexity index is 1280. The van der Waals surface area contributed by atoms with Gasteiger partial charge < -0.3 is 9.47 Å². The molecule has 0 aliphatic heterocycles. The van der Waals surface area contributed by atoms with Gasteiger partial charge in [0.25, 0.3) is 11.8 Å².